The normalized spacial score (nSPS) is 8.93. The zero-order valence-corrected chi connectivity index (χ0v) is 8.99. The fourth-order valence-electron chi connectivity index (χ4n) is 0.935. The first-order chi connectivity index (χ1) is 7.18. The third kappa shape index (κ3) is 5.08. The van der Waals surface area contributed by atoms with Gasteiger partial charge in [-0.3, -0.25) is 0 Å². The van der Waals surface area contributed by atoms with Crippen LogP contribution >= 0.6 is 12.6 Å². The van der Waals surface area contributed by atoms with E-state index < -0.39 is 0 Å². The summed E-state index contributed by atoms with van der Waals surface area (Å²) in [6.07, 6.45) is 0. The molecule has 0 aliphatic carbocycles. The SMILES string of the molecule is Nc1cccc(F)c1.Sc1ccccc1. The lowest BCUT2D eigenvalue weighted by Crippen LogP contribution is -1.83. The summed E-state index contributed by atoms with van der Waals surface area (Å²) in [6.45, 7) is 0. The molecule has 78 valence electrons. The van der Waals surface area contributed by atoms with Crippen LogP contribution in [-0.2, 0) is 0 Å². The van der Waals surface area contributed by atoms with Crippen molar-refractivity contribution in [1.29, 1.82) is 0 Å². The van der Waals surface area contributed by atoms with Crippen molar-refractivity contribution in [2.24, 2.45) is 0 Å². The zero-order chi connectivity index (χ0) is 11.1. The van der Waals surface area contributed by atoms with Crippen molar-refractivity contribution in [3.05, 3.63) is 60.4 Å². The molecule has 0 aliphatic rings. The molecule has 2 N–H and O–H groups in total. The molecule has 0 amide bonds. The summed E-state index contributed by atoms with van der Waals surface area (Å²) in [7, 11) is 0. The molecule has 2 rings (SSSR count). The standard InChI is InChI=1S/C6H6FN.C6H6S/c7-5-2-1-3-6(8)4-5;7-6-4-2-1-3-5-6/h1-4H,8H2;1-5,7H. The number of thiol groups is 1. The average Bonchev–Trinajstić information content (AvgIpc) is 2.19. The van der Waals surface area contributed by atoms with Crippen LogP contribution in [0.15, 0.2) is 59.5 Å². The van der Waals surface area contributed by atoms with E-state index in [9.17, 15) is 4.39 Å². The molecule has 1 nitrogen and oxygen atoms in total. The predicted octanol–water partition coefficient (Wildman–Crippen LogP) is 3.38. The molecule has 0 radical (unpaired) electrons. The van der Waals surface area contributed by atoms with Gasteiger partial charge in [-0.1, -0.05) is 24.3 Å². The number of nitrogen functional groups attached to an aromatic ring is 1. The van der Waals surface area contributed by atoms with Crippen molar-refractivity contribution in [3.63, 3.8) is 0 Å². The van der Waals surface area contributed by atoms with E-state index in [0.717, 1.165) is 4.90 Å². The lowest BCUT2D eigenvalue weighted by Gasteiger charge is -1.88. The minimum atomic E-state index is -0.287. The summed E-state index contributed by atoms with van der Waals surface area (Å²) < 4.78 is 12.1. The van der Waals surface area contributed by atoms with Gasteiger partial charge in [-0.15, -0.1) is 12.6 Å². The predicted molar refractivity (Wildman–Crippen MR) is 64.5 cm³/mol. The molecule has 0 unspecified atom stereocenters. The van der Waals surface area contributed by atoms with Gasteiger partial charge in [0.05, 0.1) is 0 Å². The molecule has 3 heteroatoms. The van der Waals surface area contributed by atoms with Crippen molar-refractivity contribution in [2.45, 2.75) is 4.90 Å². The third-order valence-electron chi connectivity index (χ3n) is 1.60. The van der Waals surface area contributed by atoms with E-state index in [4.69, 9.17) is 5.73 Å². The molecular formula is C12H12FNS. The number of rotatable bonds is 0. The molecule has 0 heterocycles. The number of anilines is 1. The van der Waals surface area contributed by atoms with Crippen LogP contribution < -0.4 is 5.73 Å². The third-order valence-corrected chi connectivity index (χ3v) is 1.90. The highest BCUT2D eigenvalue weighted by molar-refractivity contribution is 7.80. The Morgan fingerprint density at radius 1 is 0.933 bits per heavy atom. The van der Waals surface area contributed by atoms with E-state index in [1.807, 2.05) is 30.3 Å². The number of hydrogen-bond donors (Lipinski definition) is 2. The van der Waals surface area contributed by atoms with Crippen LogP contribution in [0.5, 0.6) is 0 Å². The van der Waals surface area contributed by atoms with Crippen LogP contribution in [0.1, 0.15) is 0 Å². The van der Waals surface area contributed by atoms with Crippen molar-refractivity contribution in [1.82, 2.24) is 0 Å². The lowest BCUT2D eigenvalue weighted by molar-refractivity contribution is 0.628. The smallest absolute Gasteiger partial charge is 0.125 e. The Morgan fingerprint density at radius 2 is 1.60 bits per heavy atom. The molecule has 0 spiro atoms. The number of benzene rings is 2. The van der Waals surface area contributed by atoms with Crippen molar-refractivity contribution >= 4 is 18.3 Å². The number of nitrogens with two attached hydrogens (primary N) is 1. The van der Waals surface area contributed by atoms with Crippen LogP contribution in [0.2, 0.25) is 0 Å². The maximum absolute atomic E-state index is 12.1. The Bertz CT molecular complexity index is 386. The van der Waals surface area contributed by atoms with Gasteiger partial charge in [-0.25, -0.2) is 4.39 Å². The first-order valence-electron chi connectivity index (χ1n) is 4.43. The maximum atomic E-state index is 12.1. The minimum absolute atomic E-state index is 0.287. The quantitative estimate of drug-likeness (QED) is 0.517. The second kappa shape index (κ2) is 6.09. The van der Waals surface area contributed by atoms with Crippen LogP contribution in [0, 0.1) is 5.82 Å². The molecule has 0 saturated carbocycles. The monoisotopic (exact) mass is 221 g/mol. The molecule has 0 atom stereocenters. The average molecular weight is 221 g/mol. The van der Waals surface area contributed by atoms with Crippen LogP contribution in [0.4, 0.5) is 10.1 Å². The Labute approximate surface area is 94.2 Å². The summed E-state index contributed by atoms with van der Waals surface area (Å²) in [5.41, 5.74) is 5.68. The number of halogens is 1. The Balaban J connectivity index is 0.000000151. The molecule has 2 aromatic carbocycles. The van der Waals surface area contributed by atoms with Gasteiger partial charge in [-0.2, -0.15) is 0 Å². The summed E-state index contributed by atoms with van der Waals surface area (Å²) in [5.74, 6) is -0.287. The van der Waals surface area contributed by atoms with Crippen LogP contribution in [-0.4, -0.2) is 0 Å². The molecule has 0 saturated heterocycles. The Hall–Kier alpha value is -1.48. The molecule has 0 aliphatic heterocycles. The van der Waals surface area contributed by atoms with Gasteiger partial charge in [0, 0.05) is 10.6 Å². The van der Waals surface area contributed by atoms with Crippen molar-refractivity contribution < 1.29 is 4.39 Å². The van der Waals surface area contributed by atoms with E-state index >= 15 is 0 Å². The molecule has 0 aromatic heterocycles. The van der Waals surface area contributed by atoms with E-state index in [-0.39, 0.29) is 5.82 Å². The van der Waals surface area contributed by atoms with Gasteiger partial charge >= 0.3 is 0 Å². The van der Waals surface area contributed by atoms with Gasteiger partial charge in [0.2, 0.25) is 0 Å². The van der Waals surface area contributed by atoms with E-state index in [2.05, 4.69) is 12.6 Å². The van der Waals surface area contributed by atoms with E-state index in [0.29, 0.717) is 5.69 Å². The molecule has 0 bridgehead atoms. The summed E-state index contributed by atoms with van der Waals surface area (Å²) >= 11 is 4.08. The second-order valence-corrected chi connectivity index (χ2v) is 3.41. The maximum Gasteiger partial charge on any atom is 0.125 e. The first-order valence-corrected chi connectivity index (χ1v) is 4.88. The van der Waals surface area contributed by atoms with Gasteiger partial charge in [-0.05, 0) is 30.3 Å². The molecule has 2 aromatic rings. The van der Waals surface area contributed by atoms with Gasteiger partial charge < -0.3 is 5.73 Å². The Morgan fingerprint density at radius 3 is 1.93 bits per heavy atom. The molecular weight excluding hydrogens is 209 g/mol. The highest BCUT2D eigenvalue weighted by Gasteiger charge is 1.85. The number of hydrogen-bond acceptors (Lipinski definition) is 2. The molecule has 0 fully saturated rings. The lowest BCUT2D eigenvalue weighted by atomic mass is 10.3. The fourth-order valence-corrected chi connectivity index (χ4v) is 1.11. The van der Waals surface area contributed by atoms with Crippen LogP contribution in [0.3, 0.4) is 0 Å². The zero-order valence-electron chi connectivity index (χ0n) is 8.10. The van der Waals surface area contributed by atoms with Gasteiger partial charge in [0.1, 0.15) is 5.82 Å². The highest BCUT2D eigenvalue weighted by atomic mass is 32.1. The van der Waals surface area contributed by atoms with E-state index in [1.165, 1.54) is 12.1 Å². The topological polar surface area (TPSA) is 26.0 Å². The van der Waals surface area contributed by atoms with Crippen molar-refractivity contribution in [2.75, 3.05) is 5.73 Å². The molecule has 15 heavy (non-hydrogen) atoms. The van der Waals surface area contributed by atoms with Crippen molar-refractivity contribution in [3.8, 4) is 0 Å². The first kappa shape index (κ1) is 11.6. The van der Waals surface area contributed by atoms with Crippen LogP contribution in [0.25, 0.3) is 0 Å². The van der Waals surface area contributed by atoms with Gasteiger partial charge in [0.25, 0.3) is 0 Å². The summed E-state index contributed by atoms with van der Waals surface area (Å²) in [4.78, 5) is 1.02. The fraction of sp³-hybridized carbons (Fsp3) is 0. The largest absolute Gasteiger partial charge is 0.399 e. The second-order valence-electron chi connectivity index (χ2n) is 2.89. The summed E-state index contributed by atoms with van der Waals surface area (Å²) in [6, 6.07) is 15.6. The Kier molecular flexibility index (Phi) is 4.71. The van der Waals surface area contributed by atoms with Gasteiger partial charge in [0.15, 0.2) is 0 Å². The van der Waals surface area contributed by atoms with E-state index in [1.54, 1.807) is 12.1 Å². The minimum Gasteiger partial charge on any atom is -0.399 e. The highest BCUT2D eigenvalue weighted by Crippen LogP contribution is 2.02. The summed E-state index contributed by atoms with van der Waals surface area (Å²) in [5, 5.41) is 0.